The van der Waals surface area contributed by atoms with Gasteiger partial charge in [-0.1, -0.05) is 38.3 Å². The van der Waals surface area contributed by atoms with Crippen LogP contribution in [-0.4, -0.2) is 43.7 Å². The van der Waals surface area contributed by atoms with Crippen molar-refractivity contribution in [3.63, 3.8) is 0 Å². The highest BCUT2D eigenvalue weighted by molar-refractivity contribution is 5.88. The molecule has 176 valence electrons. The average molecular weight is 450 g/mol. The lowest BCUT2D eigenvalue weighted by Crippen LogP contribution is -2.59. The van der Waals surface area contributed by atoms with Gasteiger partial charge in [-0.05, 0) is 74.8 Å². The molecular weight excluding hydrogens is 414 g/mol. The molecule has 3 heterocycles. The predicted molar refractivity (Wildman–Crippen MR) is 128 cm³/mol. The number of para-hydroxylation sites is 2. The highest BCUT2D eigenvalue weighted by Crippen LogP contribution is 2.48. The van der Waals surface area contributed by atoms with Crippen molar-refractivity contribution in [1.82, 2.24) is 14.5 Å². The van der Waals surface area contributed by atoms with E-state index in [9.17, 15) is 14.7 Å². The first-order chi connectivity index (χ1) is 16.0. The molecule has 4 aliphatic rings. The van der Waals surface area contributed by atoms with Crippen LogP contribution in [0.25, 0.3) is 11.0 Å². The van der Waals surface area contributed by atoms with E-state index in [0.29, 0.717) is 23.6 Å². The number of hydrogen-bond acceptors (Lipinski definition) is 4. The van der Waals surface area contributed by atoms with Crippen LogP contribution in [0.3, 0.4) is 0 Å². The van der Waals surface area contributed by atoms with E-state index in [0.717, 1.165) is 36.1 Å². The number of carboxylic acids is 1. The summed E-state index contributed by atoms with van der Waals surface area (Å²) in [5, 5.41) is 9.64. The van der Waals surface area contributed by atoms with E-state index in [-0.39, 0.29) is 11.7 Å². The second-order valence-electron chi connectivity index (χ2n) is 11.3. The molecule has 1 unspecified atom stereocenters. The van der Waals surface area contributed by atoms with Crippen LogP contribution in [0.5, 0.6) is 0 Å². The molecule has 0 amide bonds. The zero-order chi connectivity index (χ0) is 22.7. The third-order valence-corrected chi connectivity index (χ3v) is 9.44. The number of hydrogen-bond donors (Lipinski definition) is 1. The molecule has 6 nitrogen and oxygen atoms in total. The SMILES string of the molecule is C[C@H]1CC[C@H]2C[C@@H]1C[C@H](N1[C@@H]3CCC[C@H]1CC(n1c(=O)c(C(=O)O)nc4ccccc41)C3)C2. The number of benzene rings is 1. The van der Waals surface area contributed by atoms with Gasteiger partial charge in [-0.3, -0.25) is 9.69 Å². The molecule has 2 saturated carbocycles. The molecular formula is C27H35N3O3. The number of rotatable bonds is 3. The molecule has 7 atom stereocenters. The maximum Gasteiger partial charge on any atom is 0.360 e. The van der Waals surface area contributed by atoms with Gasteiger partial charge in [0.15, 0.2) is 0 Å². The van der Waals surface area contributed by atoms with Gasteiger partial charge in [-0.25, -0.2) is 9.78 Å². The molecule has 1 N–H and O–H groups in total. The van der Waals surface area contributed by atoms with Crippen LogP contribution in [0, 0.1) is 17.8 Å². The van der Waals surface area contributed by atoms with Gasteiger partial charge in [0, 0.05) is 24.2 Å². The number of carbonyl (C=O) groups is 1. The normalized spacial score (nSPS) is 36.6. The van der Waals surface area contributed by atoms with Crippen molar-refractivity contribution in [1.29, 1.82) is 0 Å². The van der Waals surface area contributed by atoms with Crippen molar-refractivity contribution < 1.29 is 9.90 Å². The van der Waals surface area contributed by atoms with Crippen molar-refractivity contribution >= 4 is 17.0 Å². The standard InChI is InChI=1S/C27H35N3O3/c1-16-9-10-17-11-18(16)13-21(12-17)29-19-5-4-6-20(29)15-22(14-19)30-24-8-3-2-7-23(24)28-25(26(30)31)27(32)33/h2-3,7-8,16-22H,4-6,9-15H2,1H3,(H,32,33)/t16-,17-,18+,19-,20+,21+,22?/m0/s1. The minimum absolute atomic E-state index is 0.0389. The Kier molecular flexibility index (Phi) is 5.32. The average Bonchev–Trinajstić information content (AvgIpc) is 2.80. The van der Waals surface area contributed by atoms with E-state index in [1.165, 1.54) is 51.4 Å². The largest absolute Gasteiger partial charge is 0.476 e. The fraction of sp³-hybridized carbons (Fsp3) is 0.667. The summed E-state index contributed by atoms with van der Waals surface area (Å²) in [4.78, 5) is 32.2. The second kappa shape index (κ2) is 8.23. The summed E-state index contributed by atoms with van der Waals surface area (Å²) in [5.74, 6) is 1.40. The molecule has 2 aliphatic carbocycles. The van der Waals surface area contributed by atoms with Crippen LogP contribution >= 0.6 is 0 Å². The molecule has 0 radical (unpaired) electrons. The van der Waals surface area contributed by atoms with E-state index >= 15 is 0 Å². The van der Waals surface area contributed by atoms with Crippen LogP contribution in [0.2, 0.25) is 0 Å². The maximum atomic E-state index is 13.3. The van der Waals surface area contributed by atoms with Crippen molar-refractivity contribution in [2.24, 2.45) is 17.8 Å². The quantitative estimate of drug-likeness (QED) is 0.724. The molecule has 0 spiro atoms. The molecule has 2 aromatic rings. The Morgan fingerprint density at radius 3 is 2.45 bits per heavy atom. The molecule has 6 heteroatoms. The summed E-state index contributed by atoms with van der Waals surface area (Å²) in [5.41, 5.74) is 0.565. The van der Waals surface area contributed by atoms with Gasteiger partial charge < -0.3 is 9.67 Å². The van der Waals surface area contributed by atoms with Crippen molar-refractivity contribution in [2.75, 3.05) is 0 Å². The van der Waals surface area contributed by atoms with Crippen LogP contribution in [0.4, 0.5) is 0 Å². The van der Waals surface area contributed by atoms with Crippen LogP contribution in [0.1, 0.15) is 87.7 Å². The molecule has 2 saturated heterocycles. The number of nitrogens with zero attached hydrogens (tertiary/aromatic N) is 3. The lowest BCUT2D eigenvalue weighted by Gasteiger charge is -2.56. The Labute approximate surface area is 195 Å². The van der Waals surface area contributed by atoms with E-state index in [1.54, 1.807) is 4.57 Å². The maximum absolute atomic E-state index is 13.3. The molecule has 4 fully saturated rings. The van der Waals surface area contributed by atoms with Gasteiger partial charge >= 0.3 is 5.97 Å². The van der Waals surface area contributed by atoms with Gasteiger partial charge in [0.25, 0.3) is 5.56 Å². The van der Waals surface area contributed by atoms with Crippen molar-refractivity contribution in [2.45, 2.75) is 95.3 Å². The van der Waals surface area contributed by atoms with Gasteiger partial charge in [0.05, 0.1) is 11.0 Å². The zero-order valence-electron chi connectivity index (χ0n) is 19.5. The molecule has 6 rings (SSSR count). The van der Waals surface area contributed by atoms with Crippen LogP contribution < -0.4 is 5.56 Å². The first-order valence-electron chi connectivity index (χ1n) is 13.0. The number of fused-ring (bicyclic) bond motifs is 5. The Balaban J connectivity index is 1.34. The van der Waals surface area contributed by atoms with Gasteiger partial charge in [-0.2, -0.15) is 0 Å². The zero-order valence-corrected chi connectivity index (χ0v) is 19.5. The monoisotopic (exact) mass is 449 g/mol. The minimum Gasteiger partial charge on any atom is -0.476 e. The van der Waals surface area contributed by atoms with Crippen LogP contribution in [-0.2, 0) is 0 Å². The second-order valence-corrected chi connectivity index (χ2v) is 11.3. The summed E-state index contributed by atoms with van der Waals surface area (Å²) < 4.78 is 1.78. The smallest absolute Gasteiger partial charge is 0.360 e. The summed E-state index contributed by atoms with van der Waals surface area (Å²) >= 11 is 0. The number of piperidine rings is 2. The molecule has 2 aliphatic heterocycles. The van der Waals surface area contributed by atoms with E-state index < -0.39 is 11.5 Å². The lowest BCUT2D eigenvalue weighted by molar-refractivity contribution is -0.0551. The van der Waals surface area contributed by atoms with Gasteiger partial charge in [0.1, 0.15) is 0 Å². The Morgan fingerprint density at radius 1 is 0.939 bits per heavy atom. The van der Waals surface area contributed by atoms with Gasteiger partial charge in [-0.15, -0.1) is 0 Å². The third kappa shape index (κ3) is 3.61. The van der Waals surface area contributed by atoms with E-state index in [1.807, 2.05) is 24.3 Å². The summed E-state index contributed by atoms with van der Waals surface area (Å²) in [7, 11) is 0. The van der Waals surface area contributed by atoms with E-state index in [4.69, 9.17) is 0 Å². The predicted octanol–water partition coefficient (Wildman–Crippen LogP) is 4.87. The molecule has 1 aromatic heterocycles. The third-order valence-electron chi connectivity index (χ3n) is 9.44. The highest BCUT2D eigenvalue weighted by Gasteiger charge is 2.46. The Hall–Kier alpha value is -2.21. The first kappa shape index (κ1) is 21.3. The summed E-state index contributed by atoms with van der Waals surface area (Å²) in [6, 6.07) is 9.22. The van der Waals surface area contributed by atoms with E-state index in [2.05, 4.69) is 16.8 Å². The number of aromatic nitrogens is 2. The minimum atomic E-state index is -1.24. The van der Waals surface area contributed by atoms with Crippen molar-refractivity contribution in [3.8, 4) is 0 Å². The molecule has 4 bridgehead atoms. The van der Waals surface area contributed by atoms with Crippen LogP contribution in [0.15, 0.2) is 29.1 Å². The Morgan fingerprint density at radius 2 is 1.70 bits per heavy atom. The fourth-order valence-electron chi connectivity index (χ4n) is 7.98. The molecule has 33 heavy (non-hydrogen) atoms. The molecule has 1 aromatic carbocycles. The fourth-order valence-corrected chi connectivity index (χ4v) is 7.98. The number of aromatic carboxylic acids is 1. The number of carboxylic acid groups (broad SMARTS) is 1. The lowest BCUT2D eigenvalue weighted by atomic mass is 9.64. The highest BCUT2D eigenvalue weighted by atomic mass is 16.4. The first-order valence-corrected chi connectivity index (χ1v) is 13.0. The Bertz CT molecular complexity index is 1110. The summed E-state index contributed by atoms with van der Waals surface area (Å²) in [6.07, 6.45) is 12.4. The topological polar surface area (TPSA) is 75.4 Å². The summed E-state index contributed by atoms with van der Waals surface area (Å²) in [6.45, 7) is 2.46. The van der Waals surface area contributed by atoms with Gasteiger partial charge in [0.2, 0.25) is 5.69 Å². The van der Waals surface area contributed by atoms with Crippen molar-refractivity contribution in [3.05, 3.63) is 40.3 Å².